The number of hydrogen-bond donors (Lipinski definition) is 2. The van der Waals surface area contributed by atoms with Gasteiger partial charge in [0.05, 0.1) is 13.3 Å². The van der Waals surface area contributed by atoms with E-state index in [2.05, 4.69) is 46.2 Å². The standard InChI is InChI=1S/C26H28BF2N3O3/c1-24(2,3)22-11-15-10-18(5-6-19(15)32(22)14-17(27)13-30)31-23(33)25(8-9-25)16-4-7-20-21(12-16)35-26(28,29)34-20/h4-7,10-12,17H,8-9,13-14,30H2,1-3H3,(H,31,33). The minimum Gasteiger partial charge on any atom is -0.395 e. The van der Waals surface area contributed by atoms with Crippen LogP contribution in [0.2, 0.25) is 5.82 Å². The lowest BCUT2D eigenvalue weighted by Crippen LogP contribution is -2.27. The molecular formula is C26H28BF2N3O3. The molecule has 3 aromatic rings. The summed E-state index contributed by atoms with van der Waals surface area (Å²) in [5, 5.41) is 4.02. The van der Waals surface area contributed by atoms with Crippen LogP contribution < -0.4 is 20.5 Å². The molecule has 1 atom stereocenters. The summed E-state index contributed by atoms with van der Waals surface area (Å²) in [6, 6.07) is 12.5. The highest BCUT2D eigenvalue weighted by atomic mass is 19.3. The van der Waals surface area contributed by atoms with E-state index in [4.69, 9.17) is 13.6 Å². The zero-order valence-electron chi connectivity index (χ0n) is 20.0. The van der Waals surface area contributed by atoms with Crippen molar-refractivity contribution in [3.05, 3.63) is 53.7 Å². The summed E-state index contributed by atoms with van der Waals surface area (Å²) in [7, 11) is 6.16. The van der Waals surface area contributed by atoms with Crippen LogP contribution in [0.4, 0.5) is 14.5 Å². The molecule has 2 radical (unpaired) electrons. The highest BCUT2D eigenvalue weighted by Crippen LogP contribution is 2.52. The molecule has 1 amide bonds. The topological polar surface area (TPSA) is 78.5 Å². The molecule has 0 spiro atoms. The van der Waals surface area contributed by atoms with Gasteiger partial charge in [0.25, 0.3) is 0 Å². The van der Waals surface area contributed by atoms with Crippen molar-refractivity contribution in [2.75, 3.05) is 11.9 Å². The number of hydrogen-bond acceptors (Lipinski definition) is 4. The van der Waals surface area contributed by atoms with E-state index in [1.54, 1.807) is 6.07 Å². The molecule has 5 rings (SSSR count). The summed E-state index contributed by atoms with van der Waals surface area (Å²) in [6.07, 6.45) is -2.44. The van der Waals surface area contributed by atoms with E-state index in [1.165, 1.54) is 12.1 Å². The summed E-state index contributed by atoms with van der Waals surface area (Å²) in [4.78, 5) is 13.3. The first-order chi connectivity index (χ1) is 16.4. The van der Waals surface area contributed by atoms with Gasteiger partial charge in [0.15, 0.2) is 11.5 Å². The Morgan fingerprint density at radius 2 is 1.86 bits per heavy atom. The zero-order valence-corrected chi connectivity index (χ0v) is 20.0. The van der Waals surface area contributed by atoms with Crippen molar-refractivity contribution in [1.82, 2.24) is 4.57 Å². The van der Waals surface area contributed by atoms with Crippen molar-refractivity contribution >= 4 is 30.3 Å². The van der Waals surface area contributed by atoms with E-state index in [9.17, 15) is 13.6 Å². The Morgan fingerprint density at radius 3 is 2.51 bits per heavy atom. The third kappa shape index (κ3) is 4.26. The largest absolute Gasteiger partial charge is 0.586 e. The molecule has 6 nitrogen and oxygen atoms in total. The van der Waals surface area contributed by atoms with Gasteiger partial charge in [-0.2, -0.15) is 0 Å². The quantitative estimate of drug-likeness (QED) is 0.496. The lowest BCUT2D eigenvalue weighted by atomic mass is 9.86. The van der Waals surface area contributed by atoms with Crippen molar-refractivity contribution < 1.29 is 23.0 Å². The molecule has 1 unspecified atom stereocenters. The number of amides is 1. The molecule has 2 aliphatic rings. The van der Waals surface area contributed by atoms with Gasteiger partial charge in [0.1, 0.15) is 0 Å². The van der Waals surface area contributed by atoms with Gasteiger partial charge in [-0.3, -0.25) is 4.79 Å². The zero-order chi connectivity index (χ0) is 25.2. The van der Waals surface area contributed by atoms with E-state index in [-0.39, 0.29) is 28.6 Å². The lowest BCUT2D eigenvalue weighted by molar-refractivity contribution is -0.286. The van der Waals surface area contributed by atoms with Crippen LogP contribution >= 0.6 is 0 Å². The molecule has 3 N–H and O–H groups in total. The maximum atomic E-state index is 13.4. The fraction of sp³-hybridized carbons (Fsp3) is 0.423. The molecule has 182 valence electrons. The number of aromatic nitrogens is 1. The summed E-state index contributed by atoms with van der Waals surface area (Å²) in [5.74, 6) is -0.431. The first-order valence-electron chi connectivity index (χ1n) is 11.7. The number of nitrogens with zero attached hydrogens (tertiary/aromatic N) is 1. The predicted molar refractivity (Wildman–Crippen MR) is 131 cm³/mol. The minimum atomic E-state index is -3.69. The number of anilines is 1. The van der Waals surface area contributed by atoms with Crippen LogP contribution in [0.1, 0.15) is 44.9 Å². The van der Waals surface area contributed by atoms with Gasteiger partial charge >= 0.3 is 6.29 Å². The number of fused-ring (bicyclic) bond motifs is 2. The van der Waals surface area contributed by atoms with Gasteiger partial charge in [0, 0.05) is 34.2 Å². The third-order valence-corrected chi connectivity index (χ3v) is 6.79. The van der Waals surface area contributed by atoms with Crippen molar-refractivity contribution in [2.45, 2.75) is 63.1 Å². The average Bonchev–Trinajstić information content (AvgIpc) is 3.42. The summed E-state index contributed by atoms with van der Waals surface area (Å²) in [6.45, 7) is 7.42. The summed E-state index contributed by atoms with van der Waals surface area (Å²) < 4.78 is 38.1. The average molecular weight is 479 g/mol. The van der Waals surface area contributed by atoms with Crippen LogP contribution in [0.15, 0.2) is 42.5 Å². The maximum absolute atomic E-state index is 13.4. The Balaban J connectivity index is 1.42. The molecule has 1 fully saturated rings. The second-order valence-corrected chi connectivity index (χ2v) is 10.5. The molecule has 2 aromatic carbocycles. The van der Waals surface area contributed by atoms with E-state index < -0.39 is 11.7 Å². The fourth-order valence-corrected chi connectivity index (χ4v) is 4.75. The Kier molecular flexibility index (Phi) is 5.40. The molecule has 0 bridgehead atoms. The number of rotatable bonds is 6. The van der Waals surface area contributed by atoms with Crippen molar-refractivity contribution in [3.63, 3.8) is 0 Å². The first kappa shape index (κ1) is 23.7. The van der Waals surface area contributed by atoms with E-state index in [0.29, 0.717) is 37.2 Å². The molecule has 0 saturated heterocycles. The molecule has 1 aromatic heterocycles. The molecule has 1 aliphatic carbocycles. The molecule has 2 heterocycles. The van der Waals surface area contributed by atoms with Crippen LogP contribution in [0, 0.1) is 0 Å². The number of benzene rings is 2. The second-order valence-electron chi connectivity index (χ2n) is 10.5. The van der Waals surface area contributed by atoms with E-state index in [1.807, 2.05) is 18.2 Å². The van der Waals surface area contributed by atoms with Crippen LogP contribution in [-0.4, -0.2) is 31.2 Å². The number of carbonyl (C=O) groups excluding carboxylic acids is 1. The Bertz CT molecular complexity index is 1310. The summed E-state index contributed by atoms with van der Waals surface area (Å²) >= 11 is 0. The monoisotopic (exact) mass is 479 g/mol. The molecular weight excluding hydrogens is 451 g/mol. The molecule has 9 heteroatoms. The smallest absolute Gasteiger partial charge is 0.395 e. The highest BCUT2D eigenvalue weighted by molar-refractivity contribution is 6.11. The van der Waals surface area contributed by atoms with Gasteiger partial charge in [-0.1, -0.05) is 26.8 Å². The predicted octanol–water partition coefficient (Wildman–Crippen LogP) is 4.85. The maximum Gasteiger partial charge on any atom is 0.586 e. The number of ether oxygens (including phenoxy) is 2. The number of halogens is 2. The third-order valence-electron chi connectivity index (χ3n) is 6.79. The Hall–Kier alpha value is -3.07. The highest BCUT2D eigenvalue weighted by Gasteiger charge is 2.52. The van der Waals surface area contributed by atoms with Crippen molar-refractivity contribution in [3.8, 4) is 11.5 Å². The molecule has 1 saturated carbocycles. The minimum absolute atomic E-state index is 0.0334. The number of nitrogens with two attached hydrogens (primary N) is 1. The SMILES string of the molecule is [B]C(CN)Cn1c(C(C)(C)C)cc2cc(NC(=O)C3(c4ccc5c(c4)OC(F)(F)O5)CC3)ccc21. The van der Waals surface area contributed by atoms with Crippen molar-refractivity contribution in [2.24, 2.45) is 5.73 Å². The van der Waals surface area contributed by atoms with Crippen molar-refractivity contribution in [1.29, 1.82) is 0 Å². The van der Waals surface area contributed by atoms with Gasteiger partial charge in [-0.05, 0) is 67.2 Å². The Labute approximate surface area is 204 Å². The summed E-state index contributed by atoms with van der Waals surface area (Å²) in [5.41, 5.74) is 8.35. The van der Waals surface area contributed by atoms with Crippen LogP contribution in [-0.2, 0) is 22.2 Å². The number of alkyl halides is 2. The van der Waals surface area contributed by atoms with Gasteiger partial charge in [-0.25, -0.2) is 0 Å². The van der Waals surface area contributed by atoms with Gasteiger partial charge < -0.3 is 25.1 Å². The van der Waals surface area contributed by atoms with Crippen LogP contribution in [0.25, 0.3) is 10.9 Å². The van der Waals surface area contributed by atoms with E-state index >= 15 is 0 Å². The second kappa shape index (κ2) is 7.98. The van der Waals surface area contributed by atoms with Crippen LogP contribution in [0.3, 0.4) is 0 Å². The lowest BCUT2D eigenvalue weighted by Gasteiger charge is -2.24. The normalized spacial score (nSPS) is 18.5. The number of carbonyl (C=O) groups is 1. The number of nitrogens with one attached hydrogen (secondary N) is 1. The van der Waals surface area contributed by atoms with Crippen LogP contribution in [0.5, 0.6) is 11.5 Å². The van der Waals surface area contributed by atoms with Gasteiger partial charge in [0.2, 0.25) is 5.91 Å². The van der Waals surface area contributed by atoms with Gasteiger partial charge in [-0.15, -0.1) is 8.78 Å². The fourth-order valence-electron chi connectivity index (χ4n) is 4.75. The molecule has 1 aliphatic heterocycles. The van der Waals surface area contributed by atoms with E-state index in [0.717, 1.165) is 16.6 Å². The first-order valence-corrected chi connectivity index (χ1v) is 11.7. The Morgan fingerprint density at radius 1 is 1.14 bits per heavy atom. The molecule has 35 heavy (non-hydrogen) atoms.